The molecule has 25 heavy (non-hydrogen) atoms. The molecule has 0 N–H and O–H groups in total. The molecule has 3 rings (SSSR count). The van der Waals surface area contributed by atoms with Crippen molar-refractivity contribution < 1.29 is 13.2 Å². The van der Waals surface area contributed by atoms with Crippen LogP contribution in [0.3, 0.4) is 0 Å². The number of rotatable bonds is 2. The van der Waals surface area contributed by atoms with Gasteiger partial charge in [-0.1, -0.05) is 47.5 Å². The summed E-state index contributed by atoms with van der Waals surface area (Å²) >= 11 is 12.1. The fourth-order valence-electron chi connectivity index (χ4n) is 3.04. The monoisotopic (exact) mass is 397 g/mol. The van der Waals surface area contributed by atoms with Gasteiger partial charge in [-0.05, 0) is 36.2 Å². The fourth-order valence-corrected chi connectivity index (χ4v) is 5.38. The van der Waals surface area contributed by atoms with Crippen molar-refractivity contribution in [1.82, 2.24) is 4.90 Å². The third-order valence-electron chi connectivity index (χ3n) is 4.35. The molecule has 132 valence electrons. The van der Waals surface area contributed by atoms with Crippen molar-refractivity contribution in [2.24, 2.45) is 0 Å². The van der Waals surface area contributed by atoms with Crippen LogP contribution in [0.1, 0.15) is 27.6 Å². The van der Waals surface area contributed by atoms with Gasteiger partial charge in [0.25, 0.3) is 5.91 Å². The van der Waals surface area contributed by atoms with Gasteiger partial charge in [0.2, 0.25) is 0 Å². The van der Waals surface area contributed by atoms with E-state index < -0.39 is 15.1 Å². The molecule has 1 fully saturated rings. The summed E-state index contributed by atoms with van der Waals surface area (Å²) in [6.07, 6.45) is 0.318. The van der Waals surface area contributed by atoms with Gasteiger partial charge in [0.1, 0.15) is 0 Å². The molecule has 0 aliphatic carbocycles. The lowest BCUT2D eigenvalue weighted by atomic mass is 10.1. The smallest absolute Gasteiger partial charge is 0.253 e. The lowest BCUT2D eigenvalue weighted by molar-refractivity contribution is 0.0766. The van der Waals surface area contributed by atoms with Crippen molar-refractivity contribution >= 4 is 38.9 Å². The van der Waals surface area contributed by atoms with Crippen LogP contribution in [0, 0.1) is 0 Å². The Bertz CT molecular complexity index is 899. The molecule has 0 spiro atoms. The van der Waals surface area contributed by atoms with Crippen LogP contribution in [-0.2, 0) is 9.84 Å². The minimum absolute atomic E-state index is 0.0881. The topological polar surface area (TPSA) is 54.5 Å². The summed E-state index contributed by atoms with van der Waals surface area (Å²) in [5.41, 5.74) is 1.06. The first-order valence-corrected chi connectivity index (χ1v) is 10.4. The molecular weight excluding hydrogens is 381 g/mol. The van der Waals surface area contributed by atoms with Gasteiger partial charge in [-0.15, -0.1) is 0 Å². The highest BCUT2D eigenvalue weighted by molar-refractivity contribution is 7.91. The van der Waals surface area contributed by atoms with E-state index in [1.165, 1.54) is 0 Å². The van der Waals surface area contributed by atoms with Crippen molar-refractivity contribution in [3.8, 4) is 0 Å². The Morgan fingerprint density at radius 1 is 1.04 bits per heavy atom. The van der Waals surface area contributed by atoms with Crippen LogP contribution in [0.2, 0.25) is 10.0 Å². The van der Waals surface area contributed by atoms with E-state index in [0.29, 0.717) is 34.1 Å². The Kier molecular flexibility index (Phi) is 5.37. The molecule has 1 saturated heterocycles. The van der Waals surface area contributed by atoms with E-state index in [0.717, 1.165) is 0 Å². The zero-order valence-electron chi connectivity index (χ0n) is 13.4. The van der Waals surface area contributed by atoms with Crippen molar-refractivity contribution in [3.05, 3.63) is 69.7 Å². The maximum Gasteiger partial charge on any atom is 0.253 e. The van der Waals surface area contributed by atoms with Crippen LogP contribution in [0.25, 0.3) is 0 Å². The molecule has 2 aromatic carbocycles. The summed E-state index contributed by atoms with van der Waals surface area (Å²) in [4.78, 5) is 14.2. The number of sulfone groups is 1. The molecule has 0 radical (unpaired) electrons. The molecular formula is C18H17Cl2NO3S. The van der Waals surface area contributed by atoms with Crippen LogP contribution >= 0.6 is 23.2 Å². The van der Waals surface area contributed by atoms with Gasteiger partial charge in [0.15, 0.2) is 9.84 Å². The molecule has 1 aliphatic heterocycles. The molecule has 1 aliphatic rings. The summed E-state index contributed by atoms with van der Waals surface area (Å²) in [6.45, 7) is 0.509. The van der Waals surface area contributed by atoms with E-state index >= 15 is 0 Å². The molecule has 4 nitrogen and oxygen atoms in total. The van der Waals surface area contributed by atoms with Gasteiger partial charge >= 0.3 is 0 Å². The number of hydrogen-bond donors (Lipinski definition) is 0. The van der Waals surface area contributed by atoms with Crippen LogP contribution in [0.4, 0.5) is 0 Å². The van der Waals surface area contributed by atoms with Crippen LogP contribution in [0.5, 0.6) is 0 Å². The Morgan fingerprint density at radius 3 is 2.52 bits per heavy atom. The van der Waals surface area contributed by atoms with Crippen molar-refractivity contribution in [3.63, 3.8) is 0 Å². The molecule has 1 atom stereocenters. The van der Waals surface area contributed by atoms with Gasteiger partial charge in [-0.2, -0.15) is 0 Å². The number of carbonyl (C=O) groups is 1. The first kappa shape index (κ1) is 18.2. The maximum absolute atomic E-state index is 12.7. The maximum atomic E-state index is 12.7. The quantitative estimate of drug-likeness (QED) is 0.769. The lowest BCUT2D eigenvalue weighted by Gasteiger charge is -2.20. The van der Waals surface area contributed by atoms with Gasteiger partial charge in [-0.25, -0.2) is 8.42 Å². The van der Waals surface area contributed by atoms with Gasteiger partial charge in [-0.3, -0.25) is 4.79 Å². The SMILES string of the molecule is O=C(c1cccc(Cl)c1)N1CCC(c2ccccc2Cl)S(=O)(=O)CC1. The second-order valence-corrected chi connectivity index (χ2v) is 9.12. The fraction of sp³-hybridized carbons (Fsp3) is 0.278. The summed E-state index contributed by atoms with van der Waals surface area (Å²) in [5, 5.41) is 0.214. The zero-order chi connectivity index (χ0) is 18.0. The van der Waals surface area contributed by atoms with E-state index in [1.54, 1.807) is 53.4 Å². The van der Waals surface area contributed by atoms with E-state index in [2.05, 4.69) is 0 Å². The van der Waals surface area contributed by atoms with E-state index in [4.69, 9.17) is 23.2 Å². The number of halogens is 2. The summed E-state index contributed by atoms with van der Waals surface area (Å²) in [6, 6.07) is 13.6. The second-order valence-electron chi connectivity index (χ2n) is 5.97. The summed E-state index contributed by atoms with van der Waals surface area (Å²) in [7, 11) is -3.40. The lowest BCUT2D eigenvalue weighted by Crippen LogP contribution is -2.33. The third kappa shape index (κ3) is 4.00. The number of nitrogens with zero attached hydrogens (tertiary/aromatic N) is 1. The predicted octanol–water partition coefficient (Wildman–Crippen LogP) is 4.00. The standard InChI is InChI=1S/C18H17Cl2NO3S/c19-14-5-3-4-13(12-14)18(22)21-9-8-17(25(23,24)11-10-21)15-6-1-2-7-16(15)20/h1-7,12,17H,8-11H2. The van der Waals surface area contributed by atoms with Crippen molar-refractivity contribution in [2.45, 2.75) is 11.7 Å². The minimum Gasteiger partial charge on any atom is -0.338 e. The normalized spacial score (nSPS) is 20.1. The minimum atomic E-state index is -3.40. The third-order valence-corrected chi connectivity index (χ3v) is 7.04. The predicted molar refractivity (Wildman–Crippen MR) is 100.0 cm³/mol. The van der Waals surface area contributed by atoms with E-state index in [-0.39, 0.29) is 18.2 Å². The first-order valence-electron chi connectivity index (χ1n) is 7.89. The van der Waals surface area contributed by atoms with Crippen molar-refractivity contribution in [1.29, 1.82) is 0 Å². The summed E-state index contributed by atoms with van der Waals surface area (Å²) < 4.78 is 25.4. The number of hydrogen-bond acceptors (Lipinski definition) is 3. The van der Waals surface area contributed by atoms with Gasteiger partial charge in [0, 0.05) is 28.7 Å². The van der Waals surface area contributed by atoms with Gasteiger partial charge < -0.3 is 4.90 Å². The molecule has 0 saturated carbocycles. The molecule has 0 bridgehead atoms. The highest BCUT2D eigenvalue weighted by Gasteiger charge is 2.33. The molecule has 1 amide bonds. The van der Waals surface area contributed by atoms with E-state index in [9.17, 15) is 13.2 Å². The largest absolute Gasteiger partial charge is 0.338 e. The average Bonchev–Trinajstić information content (AvgIpc) is 2.73. The number of carbonyl (C=O) groups excluding carboxylic acids is 1. The molecule has 1 heterocycles. The Hall–Kier alpha value is -1.56. The van der Waals surface area contributed by atoms with Crippen LogP contribution in [-0.4, -0.2) is 38.1 Å². The first-order chi connectivity index (χ1) is 11.9. The molecule has 7 heteroatoms. The summed E-state index contributed by atoms with van der Waals surface area (Å²) in [5.74, 6) is -0.299. The molecule has 1 unspecified atom stereocenters. The Morgan fingerprint density at radius 2 is 1.80 bits per heavy atom. The average molecular weight is 398 g/mol. The van der Waals surface area contributed by atoms with Gasteiger partial charge in [0.05, 0.1) is 11.0 Å². The second kappa shape index (κ2) is 7.36. The highest BCUT2D eigenvalue weighted by Crippen LogP contribution is 2.34. The van der Waals surface area contributed by atoms with Crippen LogP contribution in [0.15, 0.2) is 48.5 Å². The van der Waals surface area contributed by atoms with E-state index in [1.807, 2.05) is 0 Å². The highest BCUT2D eigenvalue weighted by atomic mass is 35.5. The number of amides is 1. The zero-order valence-corrected chi connectivity index (χ0v) is 15.7. The van der Waals surface area contributed by atoms with Crippen molar-refractivity contribution in [2.75, 3.05) is 18.8 Å². The molecule has 2 aromatic rings. The Balaban J connectivity index is 1.85. The van der Waals surface area contributed by atoms with Crippen LogP contribution < -0.4 is 0 Å². The Labute approximate surface area is 157 Å². The molecule has 0 aromatic heterocycles. The number of benzene rings is 2.